The number of aliphatic hydroxyl groups excluding tert-OH is 1. The number of aliphatic hydroxyl groups is 1. The van der Waals surface area contributed by atoms with Crippen molar-refractivity contribution in [2.24, 2.45) is 0 Å². The Morgan fingerprint density at radius 2 is 1.58 bits per heavy atom. The van der Waals surface area contributed by atoms with Gasteiger partial charge in [-0.1, -0.05) is 30.3 Å². The first-order chi connectivity index (χ1) is 21.7. The molecule has 2 aromatic heterocycles. The summed E-state index contributed by atoms with van der Waals surface area (Å²) >= 11 is 0. The molecule has 6 rings (SSSR count). The summed E-state index contributed by atoms with van der Waals surface area (Å²) in [6, 6.07) is 18.3. The Labute approximate surface area is 257 Å². The van der Waals surface area contributed by atoms with Gasteiger partial charge in [-0.2, -0.15) is 0 Å². The minimum atomic E-state index is -0.634. The molecular weight excluding hydrogens is 586 g/mol. The minimum absolute atomic E-state index is 0.154. The number of hydrogen-bond acceptors (Lipinski definition) is 7. The Morgan fingerprint density at radius 1 is 0.956 bits per heavy atom. The molecule has 2 amide bonds. The number of rotatable bonds is 7. The van der Waals surface area contributed by atoms with Gasteiger partial charge in [0.1, 0.15) is 36.0 Å². The molecule has 45 heavy (non-hydrogen) atoms. The van der Waals surface area contributed by atoms with Crippen LogP contribution in [0.15, 0.2) is 91.5 Å². The second-order valence-corrected chi connectivity index (χ2v) is 9.98. The van der Waals surface area contributed by atoms with Gasteiger partial charge in [0, 0.05) is 30.5 Å². The number of aryl methyl sites for hydroxylation is 2. The van der Waals surface area contributed by atoms with E-state index in [9.17, 15) is 18.4 Å². The molecule has 0 spiro atoms. The van der Waals surface area contributed by atoms with Gasteiger partial charge in [-0.3, -0.25) is 10.2 Å². The summed E-state index contributed by atoms with van der Waals surface area (Å²) < 4.78 is 41.8. The van der Waals surface area contributed by atoms with Crippen molar-refractivity contribution >= 4 is 23.6 Å². The number of nitrogens with zero attached hydrogens (tertiary/aromatic N) is 5. The summed E-state index contributed by atoms with van der Waals surface area (Å²) in [5.41, 5.74) is 2.33. The van der Waals surface area contributed by atoms with Crippen LogP contribution < -0.4 is 10.2 Å². The number of aromatic nitrogens is 4. The Kier molecular flexibility index (Phi) is 9.49. The third-order valence-corrected chi connectivity index (χ3v) is 6.90. The van der Waals surface area contributed by atoms with Crippen molar-refractivity contribution in [3.8, 4) is 11.4 Å². The lowest BCUT2D eigenvalue weighted by Crippen LogP contribution is -2.25. The Morgan fingerprint density at radius 3 is 2.11 bits per heavy atom. The van der Waals surface area contributed by atoms with Crippen molar-refractivity contribution in [1.82, 2.24) is 19.1 Å². The predicted octanol–water partition coefficient (Wildman–Crippen LogP) is 5.71. The SMILES string of the molecule is Cc1nccn1-c1ccc(N2C[C@@H](CO)OC2=O)cc1F.Cc1nccn1-c1ccc(NC(=O)OCc2ccccc2)cc1F. The number of halogens is 2. The highest BCUT2D eigenvalue weighted by molar-refractivity contribution is 5.90. The molecule has 3 aromatic carbocycles. The number of hydrogen-bond donors (Lipinski definition) is 2. The minimum Gasteiger partial charge on any atom is -0.444 e. The topological polar surface area (TPSA) is 124 Å². The van der Waals surface area contributed by atoms with Crippen molar-refractivity contribution in [3.05, 3.63) is 120 Å². The van der Waals surface area contributed by atoms with Gasteiger partial charge in [-0.25, -0.2) is 28.3 Å². The first kappa shape index (κ1) is 30.9. The van der Waals surface area contributed by atoms with Crippen molar-refractivity contribution in [2.45, 2.75) is 26.6 Å². The smallest absolute Gasteiger partial charge is 0.414 e. The van der Waals surface area contributed by atoms with Crippen LogP contribution in [-0.4, -0.2) is 55.7 Å². The molecule has 3 heterocycles. The monoisotopic (exact) mass is 616 g/mol. The summed E-state index contributed by atoms with van der Waals surface area (Å²) in [5.74, 6) is 0.422. The molecule has 11 nitrogen and oxygen atoms in total. The van der Waals surface area contributed by atoms with Gasteiger partial charge in [-0.05, 0) is 55.8 Å². The summed E-state index contributed by atoms with van der Waals surface area (Å²) in [4.78, 5) is 32.9. The zero-order valence-corrected chi connectivity index (χ0v) is 24.4. The van der Waals surface area contributed by atoms with E-state index in [2.05, 4.69) is 15.3 Å². The average Bonchev–Trinajstić information content (AvgIpc) is 3.76. The van der Waals surface area contributed by atoms with Crippen LogP contribution >= 0.6 is 0 Å². The summed E-state index contributed by atoms with van der Waals surface area (Å²) in [6.45, 7) is 3.67. The molecule has 1 fully saturated rings. The van der Waals surface area contributed by atoms with E-state index in [1.165, 1.54) is 17.0 Å². The normalized spacial score (nSPS) is 14.0. The molecule has 0 radical (unpaired) electrons. The van der Waals surface area contributed by atoms with Gasteiger partial charge < -0.3 is 23.7 Å². The molecule has 1 atom stereocenters. The highest BCUT2D eigenvalue weighted by atomic mass is 19.1. The maximum atomic E-state index is 14.3. The molecule has 1 aliphatic rings. The lowest BCUT2D eigenvalue weighted by atomic mass is 10.2. The highest BCUT2D eigenvalue weighted by Crippen LogP contribution is 2.26. The molecular formula is C32H30F2N6O5. The van der Waals surface area contributed by atoms with Crippen molar-refractivity contribution in [1.29, 1.82) is 0 Å². The van der Waals surface area contributed by atoms with Gasteiger partial charge in [0.25, 0.3) is 0 Å². The molecule has 0 aliphatic carbocycles. The number of imidazole rings is 2. The van der Waals surface area contributed by atoms with Crippen LogP contribution in [0.2, 0.25) is 0 Å². The van der Waals surface area contributed by atoms with Crippen molar-refractivity contribution in [3.63, 3.8) is 0 Å². The fourth-order valence-electron chi connectivity index (χ4n) is 4.61. The zero-order chi connectivity index (χ0) is 31.9. The van der Waals surface area contributed by atoms with Gasteiger partial charge in [-0.15, -0.1) is 0 Å². The van der Waals surface area contributed by atoms with E-state index in [0.717, 1.165) is 5.56 Å². The number of benzene rings is 3. The van der Waals surface area contributed by atoms with E-state index in [1.807, 2.05) is 30.3 Å². The van der Waals surface area contributed by atoms with Crippen LogP contribution in [0.4, 0.5) is 29.7 Å². The van der Waals surface area contributed by atoms with Crippen molar-refractivity contribution < 1.29 is 33.0 Å². The fraction of sp³-hybridized carbons (Fsp3) is 0.188. The number of cyclic esters (lactones) is 1. The number of carbonyl (C=O) groups is 2. The molecule has 232 valence electrons. The van der Waals surface area contributed by atoms with E-state index in [4.69, 9.17) is 14.6 Å². The molecule has 5 aromatic rings. The average molecular weight is 617 g/mol. The van der Waals surface area contributed by atoms with E-state index < -0.39 is 29.9 Å². The largest absolute Gasteiger partial charge is 0.444 e. The quantitative estimate of drug-likeness (QED) is 0.240. The van der Waals surface area contributed by atoms with Gasteiger partial charge >= 0.3 is 12.2 Å². The second-order valence-electron chi connectivity index (χ2n) is 9.98. The standard InChI is InChI=1S/C18H16FN3O2.C14H14FN3O3/c1-13-20-9-10-22(13)17-8-7-15(11-16(17)19)21-18(23)24-12-14-5-3-2-4-6-14;1-9-16-4-5-17(9)13-3-2-10(6-12(13)15)18-7-11(8-19)21-14(18)20/h2-11H,12H2,1H3,(H,21,23);2-6,11,19H,7-8H2,1H3/t;11-/m.0/s1. The molecule has 13 heteroatoms. The number of nitrogens with one attached hydrogen (secondary N) is 1. The van der Waals surface area contributed by atoms with Gasteiger partial charge in [0.2, 0.25) is 0 Å². The Balaban J connectivity index is 0.000000179. The molecule has 0 saturated carbocycles. The molecule has 2 N–H and O–H groups in total. The van der Waals surface area contributed by atoms with Crippen LogP contribution in [0.25, 0.3) is 11.4 Å². The first-order valence-electron chi connectivity index (χ1n) is 13.9. The van der Waals surface area contributed by atoms with Crippen LogP contribution in [-0.2, 0) is 16.1 Å². The maximum Gasteiger partial charge on any atom is 0.414 e. The second kappa shape index (κ2) is 13.8. The van der Waals surface area contributed by atoms with E-state index in [-0.39, 0.29) is 19.8 Å². The fourth-order valence-corrected chi connectivity index (χ4v) is 4.61. The number of amides is 2. The van der Waals surface area contributed by atoms with Crippen LogP contribution in [0.1, 0.15) is 17.2 Å². The predicted molar refractivity (Wildman–Crippen MR) is 161 cm³/mol. The number of carbonyl (C=O) groups excluding carboxylic acids is 2. The molecule has 1 saturated heterocycles. The molecule has 1 aliphatic heterocycles. The number of ether oxygens (including phenoxy) is 2. The molecule has 0 unspecified atom stereocenters. The first-order valence-corrected chi connectivity index (χ1v) is 13.9. The van der Waals surface area contributed by atoms with E-state index in [1.54, 1.807) is 72.0 Å². The zero-order valence-electron chi connectivity index (χ0n) is 24.4. The summed E-state index contributed by atoms with van der Waals surface area (Å²) in [6.07, 6.45) is 4.74. The lowest BCUT2D eigenvalue weighted by Gasteiger charge is -2.14. The summed E-state index contributed by atoms with van der Waals surface area (Å²) in [5, 5.41) is 11.5. The third-order valence-electron chi connectivity index (χ3n) is 6.90. The van der Waals surface area contributed by atoms with Crippen LogP contribution in [0.5, 0.6) is 0 Å². The molecule has 0 bridgehead atoms. The van der Waals surface area contributed by atoms with Crippen LogP contribution in [0.3, 0.4) is 0 Å². The lowest BCUT2D eigenvalue weighted by molar-refractivity contribution is 0.0963. The highest BCUT2D eigenvalue weighted by Gasteiger charge is 2.32. The van der Waals surface area contributed by atoms with E-state index >= 15 is 0 Å². The Hall–Kier alpha value is -5.56. The van der Waals surface area contributed by atoms with Crippen LogP contribution in [0, 0.1) is 25.5 Å². The van der Waals surface area contributed by atoms with Gasteiger partial charge in [0.15, 0.2) is 0 Å². The third kappa shape index (κ3) is 7.33. The summed E-state index contributed by atoms with van der Waals surface area (Å²) in [7, 11) is 0. The maximum absolute atomic E-state index is 14.3. The number of anilines is 2. The van der Waals surface area contributed by atoms with Crippen molar-refractivity contribution in [2.75, 3.05) is 23.4 Å². The Bertz CT molecular complexity index is 1790. The van der Waals surface area contributed by atoms with Gasteiger partial charge in [0.05, 0.1) is 30.2 Å². The van der Waals surface area contributed by atoms with E-state index in [0.29, 0.717) is 34.4 Å².